The van der Waals surface area contributed by atoms with Crippen LogP contribution in [0.4, 0.5) is 10.1 Å². The average molecular weight is 617 g/mol. The Morgan fingerprint density at radius 1 is 0.977 bits per heavy atom. The number of nitrogens with zero attached hydrogens (tertiary/aromatic N) is 3. The van der Waals surface area contributed by atoms with Crippen molar-refractivity contribution in [2.24, 2.45) is 0 Å². The van der Waals surface area contributed by atoms with Gasteiger partial charge in [-0.1, -0.05) is 48.4 Å². The van der Waals surface area contributed by atoms with Gasteiger partial charge < -0.3 is 19.9 Å². The molecule has 2 unspecified atom stereocenters. The number of hydrogen-bond acceptors (Lipinski definition) is 5. The van der Waals surface area contributed by atoms with Gasteiger partial charge in [0.15, 0.2) is 5.76 Å². The standard InChI is InChI=1S/C35H38ClFN4O3/c36-28-6-4-8-30(23-28)40-19-17-39(18-20-40)16-15-38-34(42)27-13-11-25(12-14-27)22-33-35(43)41(24-26-5-3-7-29(37)21-26)31-9-1-2-10-32(31)44-33/h3-8,11-14,21-23,31-32H,1-2,9-10,15-20,24H2,(H,38,42)/b33-22-. The Morgan fingerprint density at radius 3 is 2.52 bits per heavy atom. The highest BCUT2D eigenvalue weighted by Crippen LogP contribution is 2.34. The molecule has 9 heteroatoms. The maximum atomic E-state index is 13.9. The smallest absolute Gasteiger partial charge is 0.289 e. The first-order valence-corrected chi connectivity index (χ1v) is 15.9. The third-order valence-corrected chi connectivity index (χ3v) is 9.02. The third-order valence-electron chi connectivity index (χ3n) is 8.79. The monoisotopic (exact) mass is 616 g/mol. The van der Waals surface area contributed by atoms with Gasteiger partial charge in [0.1, 0.15) is 11.9 Å². The Labute approximate surface area is 263 Å². The maximum Gasteiger partial charge on any atom is 0.289 e. The summed E-state index contributed by atoms with van der Waals surface area (Å²) in [5.74, 6) is -0.334. The third kappa shape index (κ3) is 7.25. The number of carbonyl (C=O) groups is 2. The molecule has 1 N–H and O–H groups in total. The predicted octanol–water partition coefficient (Wildman–Crippen LogP) is 5.74. The van der Waals surface area contributed by atoms with Crippen molar-refractivity contribution in [3.8, 4) is 0 Å². The number of fused-ring (bicyclic) bond motifs is 1. The second-order valence-corrected chi connectivity index (χ2v) is 12.2. The van der Waals surface area contributed by atoms with E-state index in [1.54, 1.807) is 24.3 Å². The second-order valence-electron chi connectivity index (χ2n) is 11.8. The van der Waals surface area contributed by atoms with E-state index in [9.17, 15) is 14.0 Å². The predicted molar refractivity (Wildman–Crippen MR) is 171 cm³/mol. The summed E-state index contributed by atoms with van der Waals surface area (Å²) in [6, 6.07) is 21.5. The van der Waals surface area contributed by atoms with Gasteiger partial charge in [-0.2, -0.15) is 0 Å². The zero-order chi connectivity index (χ0) is 30.5. The number of morpholine rings is 1. The van der Waals surface area contributed by atoms with Crippen molar-refractivity contribution < 1.29 is 18.7 Å². The number of ether oxygens (including phenoxy) is 1. The van der Waals surface area contributed by atoms with E-state index in [0.717, 1.165) is 80.2 Å². The number of piperazine rings is 1. The fourth-order valence-corrected chi connectivity index (χ4v) is 6.59. The molecular weight excluding hydrogens is 579 g/mol. The average Bonchev–Trinajstić information content (AvgIpc) is 3.04. The lowest BCUT2D eigenvalue weighted by Crippen LogP contribution is -2.54. The minimum Gasteiger partial charge on any atom is -0.482 e. The van der Waals surface area contributed by atoms with Crippen molar-refractivity contribution in [2.45, 2.75) is 44.4 Å². The van der Waals surface area contributed by atoms with E-state index in [4.69, 9.17) is 16.3 Å². The van der Waals surface area contributed by atoms with Gasteiger partial charge in [0, 0.05) is 62.1 Å². The van der Waals surface area contributed by atoms with Crippen LogP contribution in [0, 0.1) is 5.82 Å². The fourth-order valence-electron chi connectivity index (χ4n) is 6.41. The first-order chi connectivity index (χ1) is 21.4. The summed E-state index contributed by atoms with van der Waals surface area (Å²) in [6.45, 7) is 5.38. The molecule has 3 aromatic rings. The molecule has 3 fully saturated rings. The molecule has 2 aliphatic heterocycles. The molecule has 1 saturated carbocycles. The van der Waals surface area contributed by atoms with Crippen LogP contribution in [0.2, 0.25) is 5.02 Å². The van der Waals surface area contributed by atoms with Crippen LogP contribution < -0.4 is 10.2 Å². The highest BCUT2D eigenvalue weighted by molar-refractivity contribution is 6.30. The van der Waals surface area contributed by atoms with Gasteiger partial charge in [0.2, 0.25) is 0 Å². The summed E-state index contributed by atoms with van der Waals surface area (Å²) in [7, 11) is 0. The van der Waals surface area contributed by atoms with Crippen LogP contribution in [0.1, 0.15) is 47.2 Å². The van der Waals surface area contributed by atoms with Crippen LogP contribution in [0.5, 0.6) is 0 Å². The molecule has 2 amide bonds. The Kier molecular flexibility index (Phi) is 9.48. The van der Waals surface area contributed by atoms with Crippen molar-refractivity contribution in [3.05, 3.63) is 106 Å². The Bertz CT molecular complexity index is 1510. The van der Waals surface area contributed by atoms with Gasteiger partial charge in [-0.05, 0) is 78.9 Å². The van der Waals surface area contributed by atoms with E-state index < -0.39 is 0 Å². The zero-order valence-electron chi connectivity index (χ0n) is 24.8. The van der Waals surface area contributed by atoms with Crippen LogP contribution in [-0.2, 0) is 16.1 Å². The molecule has 230 valence electrons. The molecule has 2 heterocycles. The van der Waals surface area contributed by atoms with Gasteiger partial charge in [0.05, 0.1) is 6.04 Å². The Hall–Kier alpha value is -3.88. The molecule has 0 spiro atoms. The minimum absolute atomic E-state index is 0.0189. The number of halogens is 2. The van der Waals surface area contributed by atoms with Crippen LogP contribution >= 0.6 is 11.6 Å². The fraction of sp³-hybridized carbons (Fsp3) is 0.371. The molecule has 2 saturated heterocycles. The summed E-state index contributed by atoms with van der Waals surface area (Å²) >= 11 is 6.15. The quantitative estimate of drug-likeness (QED) is 0.327. The molecule has 7 nitrogen and oxygen atoms in total. The van der Waals surface area contributed by atoms with Crippen molar-refractivity contribution >= 4 is 35.2 Å². The molecule has 6 rings (SSSR count). The van der Waals surface area contributed by atoms with E-state index in [-0.39, 0.29) is 35.5 Å². The lowest BCUT2D eigenvalue weighted by atomic mass is 9.89. The molecule has 3 aliphatic rings. The van der Waals surface area contributed by atoms with Gasteiger partial charge in [-0.25, -0.2) is 4.39 Å². The zero-order valence-corrected chi connectivity index (χ0v) is 25.5. The normalized spacial score (nSPS) is 21.6. The molecule has 0 radical (unpaired) electrons. The maximum absolute atomic E-state index is 13.9. The van der Waals surface area contributed by atoms with E-state index >= 15 is 0 Å². The van der Waals surface area contributed by atoms with E-state index in [1.165, 1.54) is 12.1 Å². The Morgan fingerprint density at radius 2 is 1.75 bits per heavy atom. The summed E-state index contributed by atoms with van der Waals surface area (Å²) in [4.78, 5) is 32.9. The molecule has 3 aromatic carbocycles. The number of benzene rings is 3. The van der Waals surface area contributed by atoms with Crippen molar-refractivity contribution in [3.63, 3.8) is 0 Å². The highest BCUT2D eigenvalue weighted by Gasteiger charge is 2.41. The van der Waals surface area contributed by atoms with Crippen molar-refractivity contribution in [1.82, 2.24) is 15.1 Å². The number of carbonyl (C=O) groups excluding carboxylic acids is 2. The lowest BCUT2D eigenvalue weighted by Gasteiger charge is -2.44. The van der Waals surface area contributed by atoms with Gasteiger partial charge in [-0.3, -0.25) is 14.5 Å². The summed E-state index contributed by atoms with van der Waals surface area (Å²) in [6.07, 6.45) is 5.52. The van der Waals surface area contributed by atoms with E-state index in [1.807, 2.05) is 41.3 Å². The summed E-state index contributed by atoms with van der Waals surface area (Å²) in [5.41, 5.74) is 3.25. The van der Waals surface area contributed by atoms with Crippen LogP contribution in [0.3, 0.4) is 0 Å². The molecule has 2 atom stereocenters. The minimum atomic E-state index is -0.309. The van der Waals surface area contributed by atoms with E-state index in [2.05, 4.69) is 21.2 Å². The summed E-state index contributed by atoms with van der Waals surface area (Å²) in [5, 5.41) is 3.77. The number of hydrogen-bond donors (Lipinski definition) is 1. The number of amides is 2. The second kappa shape index (κ2) is 13.8. The summed E-state index contributed by atoms with van der Waals surface area (Å²) < 4.78 is 20.1. The molecule has 1 aliphatic carbocycles. The van der Waals surface area contributed by atoms with Gasteiger partial charge >= 0.3 is 0 Å². The van der Waals surface area contributed by atoms with Gasteiger partial charge in [0.25, 0.3) is 11.8 Å². The number of rotatable bonds is 8. The Balaban J connectivity index is 1.02. The molecule has 0 aromatic heterocycles. The van der Waals surface area contributed by atoms with E-state index in [0.29, 0.717) is 18.7 Å². The lowest BCUT2D eigenvalue weighted by molar-refractivity contribution is -0.149. The molecular formula is C35H38ClFN4O3. The SMILES string of the molecule is O=C(NCCN1CCN(c2cccc(Cl)c2)CC1)c1ccc(/C=C2\OC3CCCCC3N(Cc3cccc(F)c3)C2=O)cc1. The molecule has 0 bridgehead atoms. The van der Waals surface area contributed by atoms with Crippen LogP contribution in [-0.4, -0.2) is 73.0 Å². The van der Waals surface area contributed by atoms with Crippen LogP contribution in [0.25, 0.3) is 6.08 Å². The first kappa shape index (κ1) is 30.2. The van der Waals surface area contributed by atoms with Crippen molar-refractivity contribution in [2.75, 3.05) is 44.2 Å². The largest absolute Gasteiger partial charge is 0.482 e. The number of nitrogens with one attached hydrogen (secondary N) is 1. The highest BCUT2D eigenvalue weighted by atomic mass is 35.5. The van der Waals surface area contributed by atoms with Crippen LogP contribution in [0.15, 0.2) is 78.6 Å². The van der Waals surface area contributed by atoms with Crippen molar-refractivity contribution in [1.29, 1.82) is 0 Å². The van der Waals surface area contributed by atoms with Gasteiger partial charge in [-0.15, -0.1) is 0 Å². The first-order valence-electron chi connectivity index (χ1n) is 15.5. The number of anilines is 1. The molecule has 44 heavy (non-hydrogen) atoms. The topological polar surface area (TPSA) is 65.1 Å².